The molecule has 2 aromatic rings. The van der Waals surface area contributed by atoms with Crippen LogP contribution in [0.15, 0.2) is 36.5 Å². The molecule has 1 aromatic heterocycles. The number of aromatic nitrogens is 1. The number of carbonyl (C=O) groups excluding carboxylic acids is 2. The second-order valence-corrected chi connectivity index (χ2v) is 5.88. The first kappa shape index (κ1) is 16.2. The van der Waals surface area contributed by atoms with Crippen molar-refractivity contribution in [3.8, 4) is 0 Å². The quantitative estimate of drug-likeness (QED) is 0.878. The summed E-state index contributed by atoms with van der Waals surface area (Å²) < 4.78 is 5.03. The van der Waals surface area contributed by atoms with Gasteiger partial charge in [-0.2, -0.15) is 0 Å². The SMILES string of the molecule is CCOC(=O)c1ccc2c(c1)CCC2NC(=O)c1ccnc(C)c1. The van der Waals surface area contributed by atoms with Gasteiger partial charge in [0.25, 0.3) is 5.91 Å². The molecule has 0 radical (unpaired) electrons. The summed E-state index contributed by atoms with van der Waals surface area (Å²) in [5.41, 5.74) is 4.15. The van der Waals surface area contributed by atoms with E-state index in [1.54, 1.807) is 31.3 Å². The van der Waals surface area contributed by atoms with E-state index in [2.05, 4.69) is 10.3 Å². The molecule has 1 aliphatic rings. The number of aryl methyl sites for hydroxylation is 2. The topological polar surface area (TPSA) is 68.3 Å². The third-order valence-corrected chi connectivity index (χ3v) is 4.20. The van der Waals surface area contributed by atoms with E-state index < -0.39 is 0 Å². The molecular weight excluding hydrogens is 304 g/mol. The number of carbonyl (C=O) groups is 2. The highest BCUT2D eigenvalue weighted by Gasteiger charge is 2.25. The maximum atomic E-state index is 12.4. The van der Waals surface area contributed by atoms with Gasteiger partial charge in [0.1, 0.15) is 0 Å². The van der Waals surface area contributed by atoms with Crippen LogP contribution in [0, 0.1) is 6.92 Å². The fraction of sp³-hybridized carbons (Fsp3) is 0.316. The van der Waals surface area contributed by atoms with Gasteiger partial charge in [0.05, 0.1) is 18.2 Å². The number of benzene rings is 1. The van der Waals surface area contributed by atoms with Gasteiger partial charge >= 0.3 is 5.97 Å². The molecule has 0 spiro atoms. The highest BCUT2D eigenvalue weighted by atomic mass is 16.5. The van der Waals surface area contributed by atoms with E-state index in [1.807, 2.05) is 19.1 Å². The van der Waals surface area contributed by atoms with E-state index >= 15 is 0 Å². The van der Waals surface area contributed by atoms with E-state index in [9.17, 15) is 9.59 Å². The van der Waals surface area contributed by atoms with Crippen molar-refractivity contribution in [1.29, 1.82) is 0 Å². The number of nitrogens with one attached hydrogen (secondary N) is 1. The van der Waals surface area contributed by atoms with E-state index in [-0.39, 0.29) is 17.9 Å². The van der Waals surface area contributed by atoms with Crippen molar-refractivity contribution >= 4 is 11.9 Å². The predicted octanol–water partition coefficient (Wildman–Crippen LogP) is 2.98. The lowest BCUT2D eigenvalue weighted by molar-refractivity contribution is 0.0526. The summed E-state index contributed by atoms with van der Waals surface area (Å²) in [4.78, 5) is 28.3. The summed E-state index contributed by atoms with van der Waals surface area (Å²) in [7, 11) is 0. The first-order valence-electron chi connectivity index (χ1n) is 8.12. The molecule has 0 saturated heterocycles. The zero-order chi connectivity index (χ0) is 17.1. The lowest BCUT2D eigenvalue weighted by atomic mass is 10.0. The normalized spacial score (nSPS) is 15.7. The summed E-state index contributed by atoms with van der Waals surface area (Å²) >= 11 is 0. The van der Waals surface area contributed by atoms with Crippen molar-refractivity contribution in [2.24, 2.45) is 0 Å². The molecule has 5 nitrogen and oxygen atoms in total. The Balaban J connectivity index is 1.75. The third-order valence-electron chi connectivity index (χ3n) is 4.20. The standard InChI is InChI=1S/C19H20N2O3/c1-3-24-19(23)15-4-6-16-13(11-15)5-7-17(16)21-18(22)14-8-9-20-12(2)10-14/h4,6,8-11,17H,3,5,7H2,1-2H3,(H,21,22). The smallest absolute Gasteiger partial charge is 0.338 e. The minimum atomic E-state index is -0.306. The Labute approximate surface area is 141 Å². The van der Waals surface area contributed by atoms with E-state index in [1.165, 1.54) is 0 Å². The molecule has 5 heteroatoms. The van der Waals surface area contributed by atoms with Crippen LogP contribution in [0.5, 0.6) is 0 Å². The Hall–Kier alpha value is -2.69. The number of pyridine rings is 1. The zero-order valence-electron chi connectivity index (χ0n) is 13.8. The monoisotopic (exact) mass is 324 g/mol. The van der Waals surface area contributed by atoms with Crippen LogP contribution in [0.3, 0.4) is 0 Å². The average molecular weight is 324 g/mol. The van der Waals surface area contributed by atoms with Gasteiger partial charge in [0.15, 0.2) is 0 Å². The summed E-state index contributed by atoms with van der Waals surface area (Å²) in [5.74, 6) is -0.409. The third kappa shape index (κ3) is 3.30. The highest BCUT2D eigenvalue weighted by Crippen LogP contribution is 2.32. The van der Waals surface area contributed by atoms with Gasteiger partial charge in [0, 0.05) is 17.5 Å². The number of hydrogen-bond donors (Lipinski definition) is 1. The molecule has 1 heterocycles. The Morgan fingerprint density at radius 3 is 2.83 bits per heavy atom. The maximum absolute atomic E-state index is 12.4. The lowest BCUT2D eigenvalue weighted by Gasteiger charge is -2.14. The van der Waals surface area contributed by atoms with Crippen LogP contribution in [-0.2, 0) is 11.2 Å². The number of nitrogens with zero attached hydrogens (tertiary/aromatic N) is 1. The molecule has 1 aromatic carbocycles. The van der Waals surface area contributed by atoms with Gasteiger partial charge in [-0.25, -0.2) is 4.79 Å². The van der Waals surface area contributed by atoms with E-state index in [0.29, 0.717) is 17.7 Å². The van der Waals surface area contributed by atoms with E-state index in [0.717, 1.165) is 29.7 Å². The molecule has 0 bridgehead atoms. The molecule has 1 amide bonds. The second-order valence-electron chi connectivity index (χ2n) is 5.88. The molecule has 0 saturated carbocycles. The van der Waals surface area contributed by atoms with Gasteiger partial charge in [0.2, 0.25) is 0 Å². The maximum Gasteiger partial charge on any atom is 0.338 e. The summed E-state index contributed by atoms with van der Waals surface area (Å²) in [6.07, 6.45) is 3.30. The van der Waals surface area contributed by atoms with Gasteiger partial charge in [-0.15, -0.1) is 0 Å². The van der Waals surface area contributed by atoms with Crippen molar-refractivity contribution in [3.63, 3.8) is 0 Å². The highest BCUT2D eigenvalue weighted by molar-refractivity contribution is 5.94. The number of ether oxygens (including phenoxy) is 1. The number of amides is 1. The molecule has 3 rings (SSSR count). The van der Waals surface area contributed by atoms with Crippen LogP contribution in [0.25, 0.3) is 0 Å². The van der Waals surface area contributed by atoms with Gasteiger partial charge in [-0.05, 0) is 62.1 Å². The first-order valence-corrected chi connectivity index (χ1v) is 8.12. The van der Waals surface area contributed by atoms with Crippen molar-refractivity contribution in [2.45, 2.75) is 32.7 Å². The van der Waals surface area contributed by atoms with Crippen LogP contribution in [0.4, 0.5) is 0 Å². The number of rotatable bonds is 4. The Morgan fingerprint density at radius 1 is 1.25 bits per heavy atom. The molecule has 0 fully saturated rings. The molecule has 1 N–H and O–H groups in total. The molecule has 0 aliphatic heterocycles. The Morgan fingerprint density at radius 2 is 2.08 bits per heavy atom. The molecule has 1 unspecified atom stereocenters. The predicted molar refractivity (Wildman–Crippen MR) is 89.9 cm³/mol. The second kappa shape index (κ2) is 6.83. The lowest BCUT2D eigenvalue weighted by Crippen LogP contribution is -2.27. The Bertz CT molecular complexity index is 786. The van der Waals surface area contributed by atoms with Crippen LogP contribution in [-0.4, -0.2) is 23.5 Å². The number of fused-ring (bicyclic) bond motifs is 1. The van der Waals surface area contributed by atoms with Crippen molar-refractivity contribution < 1.29 is 14.3 Å². The summed E-state index contributed by atoms with van der Waals surface area (Å²) in [5, 5.41) is 3.07. The zero-order valence-corrected chi connectivity index (χ0v) is 13.8. The van der Waals surface area contributed by atoms with Crippen LogP contribution < -0.4 is 5.32 Å². The van der Waals surface area contributed by atoms with Crippen LogP contribution in [0.1, 0.15) is 56.9 Å². The minimum Gasteiger partial charge on any atom is -0.462 e. The number of hydrogen-bond acceptors (Lipinski definition) is 4. The average Bonchev–Trinajstić information content (AvgIpc) is 2.97. The first-order chi connectivity index (χ1) is 11.6. The van der Waals surface area contributed by atoms with Gasteiger partial charge in [-0.1, -0.05) is 6.07 Å². The minimum absolute atomic E-state index is 0.0304. The van der Waals surface area contributed by atoms with Crippen molar-refractivity contribution in [2.75, 3.05) is 6.61 Å². The van der Waals surface area contributed by atoms with Crippen molar-refractivity contribution in [3.05, 3.63) is 64.5 Å². The van der Waals surface area contributed by atoms with Crippen LogP contribution in [0.2, 0.25) is 0 Å². The molecule has 1 aliphatic carbocycles. The van der Waals surface area contributed by atoms with Gasteiger partial charge < -0.3 is 10.1 Å². The van der Waals surface area contributed by atoms with Gasteiger partial charge in [-0.3, -0.25) is 9.78 Å². The van der Waals surface area contributed by atoms with Crippen molar-refractivity contribution in [1.82, 2.24) is 10.3 Å². The molecular formula is C19H20N2O3. The Kier molecular flexibility index (Phi) is 4.60. The molecule has 24 heavy (non-hydrogen) atoms. The van der Waals surface area contributed by atoms with Crippen LogP contribution >= 0.6 is 0 Å². The number of esters is 1. The summed E-state index contributed by atoms with van der Waals surface area (Å²) in [6, 6.07) is 9.00. The summed E-state index contributed by atoms with van der Waals surface area (Å²) in [6.45, 7) is 4.01. The fourth-order valence-electron chi connectivity index (χ4n) is 3.04. The molecule has 124 valence electrons. The van der Waals surface area contributed by atoms with E-state index in [4.69, 9.17) is 4.74 Å². The molecule has 1 atom stereocenters. The fourth-order valence-corrected chi connectivity index (χ4v) is 3.04. The largest absolute Gasteiger partial charge is 0.462 e.